The summed E-state index contributed by atoms with van der Waals surface area (Å²) in [6.45, 7) is 0.758. The molecule has 0 saturated heterocycles. The number of rotatable bonds is 5. The predicted octanol–water partition coefficient (Wildman–Crippen LogP) is 4.14. The molecular weight excluding hydrogens is 316 g/mol. The quantitative estimate of drug-likeness (QED) is 0.889. The van der Waals surface area contributed by atoms with E-state index in [4.69, 9.17) is 4.74 Å². The highest BCUT2D eigenvalue weighted by atomic mass is 79.9. The second-order valence-electron chi connectivity index (χ2n) is 4.76. The summed E-state index contributed by atoms with van der Waals surface area (Å²) in [5.74, 6) is 0.881. The van der Waals surface area contributed by atoms with Crippen LogP contribution in [0.4, 0.5) is 11.4 Å². The lowest BCUT2D eigenvalue weighted by atomic mass is 10.2. The molecule has 0 aromatic heterocycles. The van der Waals surface area contributed by atoms with Crippen molar-refractivity contribution in [3.8, 4) is 5.75 Å². The minimum atomic E-state index is 0.758. The van der Waals surface area contributed by atoms with E-state index in [1.54, 1.807) is 7.11 Å². The second-order valence-corrected chi connectivity index (χ2v) is 5.68. The van der Waals surface area contributed by atoms with Gasteiger partial charge in [-0.05, 0) is 35.9 Å². The van der Waals surface area contributed by atoms with Crippen molar-refractivity contribution >= 4 is 27.3 Å². The maximum absolute atomic E-state index is 5.24. The Morgan fingerprint density at radius 3 is 2.65 bits per heavy atom. The lowest BCUT2D eigenvalue weighted by Gasteiger charge is -2.19. The van der Waals surface area contributed by atoms with E-state index in [0.29, 0.717) is 0 Å². The summed E-state index contributed by atoms with van der Waals surface area (Å²) >= 11 is 3.52. The van der Waals surface area contributed by atoms with E-state index in [1.165, 1.54) is 5.56 Å². The fourth-order valence-corrected chi connectivity index (χ4v) is 2.38. The first-order chi connectivity index (χ1) is 9.60. The Morgan fingerprint density at radius 1 is 1.15 bits per heavy atom. The highest BCUT2D eigenvalue weighted by molar-refractivity contribution is 9.10. The molecule has 0 unspecified atom stereocenters. The Kier molecular flexibility index (Phi) is 4.90. The molecule has 2 aromatic rings. The van der Waals surface area contributed by atoms with Crippen molar-refractivity contribution in [2.45, 2.75) is 6.54 Å². The normalized spacial score (nSPS) is 10.2. The van der Waals surface area contributed by atoms with E-state index in [-0.39, 0.29) is 0 Å². The van der Waals surface area contributed by atoms with Crippen LogP contribution in [0.1, 0.15) is 5.56 Å². The van der Waals surface area contributed by atoms with Gasteiger partial charge in [0.1, 0.15) is 5.75 Å². The number of halogens is 1. The molecule has 0 atom stereocenters. The summed E-state index contributed by atoms with van der Waals surface area (Å²) in [7, 11) is 5.77. The molecule has 20 heavy (non-hydrogen) atoms. The molecule has 1 N–H and O–H groups in total. The molecule has 3 nitrogen and oxygen atoms in total. The van der Waals surface area contributed by atoms with E-state index in [0.717, 1.165) is 28.1 Å². The monoisotopic (exact) mass is 334 g/mol. The van der Waals surface area contributed by atoms with Crippen LogP contribution in [0.15, 0.2) is 46.9 Å². The van der Waals surface area contributed by atoms with Gasteiger partial charge in [-0.2, -0.15) is 0 Å². The fraction of sp³-hybridized carbons (Fsp3) is 0.250. The van der Waals surface area contributed by atoms with Crippen molar-refractivity contribution in [2.75, 3.05) is 31.4 Å². The zero-order valence-electron chi connectivity index (χ0n) is 12.0. The van der Waals surface area contributed by atoms with Crippen LogP contribution in [0.5, 0.6) is 5.75 Å². The Morgan fingerprint density at radius 2 is 1.95 bits per heavy atom. The largest absolute Gasteiger partial charge is 0.497 e. The van der Waals surface area contributed by atoms with Gasteiger partial charge in [0.05, 0.1) is 18.5 Å². The first-order valence-electron chi connectivity index (χ1n) is 6.44. The van der Waals surface area contributed by atoms with Gasteiger partial charge in [-0.15, -0.1) is 0 Å². The molecular formula is C16H19BrN2O. The molecule has 0 radical (unpaired) electrons. The third-order valence-electron chi connectivity index (χ3n) is 3.06. The van der Waals surface area contributed by atoms with Gasteiger partial charge >= 0.3 is 0 Å². The van der Waals surface area contributed by atoms with Crippen molar-refractivity contribution in [2.24, 2.45) is 0 Å². The fourth-order valence-electron chi connectivity index (χ4n) is 2.02. The average molecular weight is 335 g/mol. The Bertz CT molecular complexity index is 584. The van der Waals surface area contributed by atoms with Gasteiger partial charge in [-0.3, -0.25) is 0 Å². The van der Waals surface area contributed by atoms with Crippen LogP contribution >= 0.6 is 15.9 Å². The van der Waals surface area contributed by atoms with Crippen LogP contribution in [-0.2, 0) is 6.54 Å². The van der Waals surface area contributed by atoms with Crippen LogP contribution < -0.4 is 15.0 Å². The summed E-state index contributed by atoms with van der Waals surface area (Å²) in [5.41, 5.74) is 3.46. The topological polar surface area (TPSA) is 24.5 Å². The third-order valence-corrected chi connectivity index (χ3v) is 3.55. The van der Waals surface area contributed by atoms with Crippen molar-refractivity contribution in [1.82, 2.24) is 0 Å². The van der Waals surface area contributed by atoms with E-state index in [9.17, 15) is 0 Å². The van der Waals surface area contributed by atoms with Gasteiger partial charge in [0, 0.05) is 25.1 Å². The number of benzene rings is 2. The Labute approximate surface area is 128 Å². The predicted molar refractivity (Wildman–Crippen MR) is 88.8 cm³/mol. The summed E-state index contributed by atoms with van der Waals surface area (Å²) < 4.78 is 6.31. The number of ether oxygens (including phenoxy) is 1. The zero-order valence-corrected chi connectivity index (χ0v) is 13.6. The van der Waals surface area contributed by atoms with Crippen LogP contribution in [0, 0.1) is 0 Å². The lowest BCUT2D eigenvalue weighted by molar-refractivity contribution is 0.414. The molecule has 0 fully saturated rings. The van der Waals surface area contributed by atoms with E-state index < -0.39 is 0 Å². The summed E-state index contributed by atoms with van der Waals surface area (Å²) in [6, 6.07) is 14.3. The van der Waals surface area contributed by atoms with Crippen LogP contribution in [-0.4, -0.2) is 21.2 Å². The number of nitrogens with zero attached hydrogens (tertiary/aromatic N) is 1. The number of hydrogen-bond acceptors (Lipinski definition) is 3. The van der Waals surface area contributed by atoms with Crippen molar-refractivity contribution < 1.29 is 4.74 Å². The molecule has 0 aliphatic rings. The molecule has 2 aromatic carbocycles. The highest BCUT2D eigenvalue weighted by Gasteiger charge is 2.05. The van der Waals surface area contributed by atoms with Gasteiger partial charge in [-0.1, -0.05) is 28.1 Å². The maximum Gasteiger partial charge on any atom is 0.119 e. The maximum atomic E-state index is 5.24. The van der Waals surface area contributed by atoms with Gasteiger partial charge in [0.25, 0.3) is 0 Å². The van der Waals surface area contributed by atoms with Gasteiger partial charge in [0.15, 0.2) is 0 Å². The number of nitrogens with one attached hydrogen (secondary N) is 1. The summed E-state index contributed by atoms with van der Waals surface area (Å²) in [4.78, 5) is 2.10. The third kappa shape index (κ3) is 3.67. The number of methoxy groups -OCH3 is 1. The molecule has 106 valence electrons. The Balaban J connectivity index is 2.15. The van der Waals surface area contributed by atoms with Crippen LogP contribution in [0.3, 0.4) is 0 Å². The molecule has 0 saturated carbocycles. The number of hydrogen-bond donors (Lipinski definition) is 1. The van der Waals surface area contributed by atoms with E-state index in [2.05, 4.69) is 44.3 Å². The Hall–Kier alpha value is -1.68. The highest BCUT2D eigenvalue weighted by Crippen LogP contribution is 2.28. The molecule has 0 heterocycles. The molecule has 2 rings (SSSR count). The van der Waals surface area contributed by atoms with Gasteiger partial charge < -0.3 is 15.0 Å². The van der Waals surface area contributed by atoms with Crippen LogP contribution in [0.2, 0.25) is 0 Å². The SMILES string of the molecule is COc1cccc(CNc2cc(Br)ccc2N(C)C)c1. The standard InChI is InChI=1S/C16H19BrN2O/c1-19(2)16-8-7-13(17)10-15(16)18-11-12-5-4-6-14(9-12)20-3/h4-10,18H,11H2,1-3H3. The molecule has 0 spiro atoms. The smallest absolute Gasteiger partial charge is 0.119 e. The lowest BCUT2D eigenvalue weighted by Crippen LogP contribution is -2.12. The summed E-state index contributed by atoms with van der Waals surface area (Å²) in [5, 5.41) is 3.48. The molecule has 4 heteroatoms. The van der Waals surface area contributed by atoms with Crippen molar-refractivity contribution in [3.63, 3.8) is 0 Å². The second kappa shape index (κ2) is 6.66. The van der Waals surface area contributed by atoms with E-state index in [1.807, 2.05) is 38.4 Å². The zero-order chi connectivity index (χ0) is 14.5. The molecule has 0 amide bonds. The molecule has 0 aliphatic heterocycles. The first kappa shape index (κ1) is 14.7. The molecule has 0 aliphatic carbocycles. The first-order valence-corrected chi connectivity index (χ1v) is 7.23. The molecule has 0 bridgehead atoms. The van der Waals surface area contributed by atoms with Crippen molar-refractivity contribution in [1.29, 1.82) is 0 Å². The van der Waals surface area contributed by atoms with Gasteiger partial charge in [0.2, 0.25) is 0 Å². The van der Waals surface area contributed by atoms with Crippen molar-refractivity contribution in [3.05, 3.63) is 52.5 Å². The van der Waals surface area contributed by atoms with Crippen LogP contribution in [0.25, 0.3) is 0 Å². The average Bonchev–Trinajstić information content (AvgIpc) is 2.45. The van der Waals surface area contributed by atoms with Gasteiger partial charge in [-0.25, -0.2) is 0 Å². The summed E-state index contributed by atoms with van der Waals surface area (Å²) in [6.07, 6.45) is 0. The number of anilines is 2. The minimum absolute atomic E-state index is 0.758. The van der Waals surface area contributed by atoms with E-state index >= 15 is 0 Å². The minimum Gasteiger partial charge on any atom is -0.497 e.